The zero-order chi connectivity index (χ0) is 10.7. The van der Waals surface area contributed by atoms with E-state index in [9.17, 15) is 4.79 Å². The summed E-state index contributed by atoms with van der Waals surface area (Å²) in [4.78, 5) is 10.7. The molecule has 0 aromatic rings. The molecule has 0 spiro atoms. The molecule has 0 aliphatic carbocycles. The Hall–Kier alpha value is -0.0900. The summed E-state index contributed by atoms with van der Waals surface area (Å²) in [6, 6.07) is 0. The number of aliphatic hydroxyl groups is 1. The van der Waals surface area contributed by atoms with Crippen LogP contribution in [0.2, 0.25) is 0 Å². The smallest absolute Gasteiger partial charge is 0.320 e. The van der Waals surface area contributed by atoms with Crippen molar-refractivity contribution < 1.29 is 15.0 Å². The molecule has 0 bridgehead atoms. The van der Waals surface area contributed by atoms with Gasteiger partial charge in [0, 0.05) is 6.61 Å². The van der Waals surface area contributed by atoms with Gasteiger partial charge in [0.05, 0.1) is 0 Å². The molecule has 3 nitrogen and oxygen atoms in total. The van der Waals surface area contributed by atoms with Crippen molar-refractivity contribution in [3.8, 4) is 0 Å². The second kappa shape index (κ2) is 4.42. The molecule has 0 aromatic heterocycles. The van der Waals surface area contributed by atoms with Crippen LogP contribution in [0.5, 0.6) is 0 Å². The average Bonchev–Trinajstić information content (AvgIpc) is 2.01. The highest BCUT2D eigenvalue weighted by atomic mass is 79.9. The van der Waals surface area contributed by atoms with Crippen LogP contribution >= 0.6 is 15.9 Å². The van der Waals surface area contributed by atoms with Gasteiger partial charge in [0.1, 0.15) is 4.32 Å². The van der Waals surface area contributed by atoms with Gasteiger partial charge in [-0.1, -0.05) is 29.8 Å². The molecule has 13 heavy (non-hydrogen) atoms. The summed E-state index contributed by atoms with van der Waals surface area (Å²) in [6.45, 7) is 5.54. The number of halogens is 1. The van der Waals surface area contributed by atoms with Gasteiger partial charge in [-0.2, -0.15) is 0 Å². The quantitative estimate of drug-likeness (QED) is 0.737. The van der Waals surface area contributed by atoms with E-state index in [1.807, 2.05) is 13.8 Å². The Morgan fingerprint density at radius 3 is 2.08 bits per heavy atom. The molecule has 4 heteroatoms. The Bertz CT molecular complexity index is 187. The van der Waals surface area contributed by atoms with Crippen LogP contribution in [0.4, 0.5) is 0 Å². The lowest BCUT2D eigenvalue weighted by atomic mass is 9.86. The van der Waals surface area contributed by atoms with E-state index < -0.39 is 10.3 Å². The molecule has 0 fully saturated rings. The molecule has 0 saturated carbocycles. The van der Waals surface area contributed by atoms with Crippen molar-refractivity contribution in [1.29, 1.82) is 0 Å². The van der Waals surface area contributed by atoms with E-state index in [0.29, 0.717) is 12.8 Å². The highest BCUT2D eigenvalue weighted by molar-refractivity contribution is 9.10. The number of aliphatic hydroxyl groups excluding tert-OH is 1. The van der Waals surface area contributed by atoms with Crippen molar-refractivity contribution in [1.82, 2.24) is 0 Å². The molecule has 0 amide bonds. The highest BCUT2D eigenvalue weighted by Crippen LogP contribution is 2.30. The molecule has 0 aliphatic heterocycles. The number of hydrogen-bond acceptors (Lipinski definition) is 2. The van der Waals surface area contributed by atoms with E-state index in [2.05, 4.69) is 15.9 Å². The third kappa shape index (κ3) is 4.62. The standard InChI is InChI=1S/C9H17BrO3/c1-8(2,6-11)4-5-9(3,10)7(12)13/h11H,4-6H2,1-3H3,(H,12,13). The molecule has 2 N–H and O–H groups in total. The largest absolute Gasteiger partial charge is 0.480 e. The second-order valence-electron chi connectivity index (χ2n) is 4.32. The van der Waals surface area contributed by atoms with Gasteiger partial charge >= 0.3 is 5.97 Å². The number of carboxylic acid groups (broad SMARTS) is 1. The van der Waals surface area contributed by atoms with Crippen LogP contribution in [0.15, 0.2) is 0 Å². The first-order valence-corrected chi connectivity index (χ1v) is 5.04. The summed E-state index contributed by atoms with van der Waals surface area (Å²) in [5.41, 5.74) is -0.204. The maximum atomic E-state index is 10.7. The van der Waals surface area contributed by atoms with E-state index in [1.54, 1.807) is 6.92 Å². The summed E-state index contributed by atoms with van der Waals surface area (Å²) in [5.74, 6) is -0.860. The molecule has 0 rings (SSSR count). The lowest BCUT2D eigenvalue weighted by molar-refractivity contribution is -0.139. The maximum Gasteiger partial charge on any atom is 0.320 e. The number of carboxylic acids is 1. The number of aliphatic carboxylic acids is 1. The molecule has 0 heterocycles. The normalized spacial score (nSPS) is 16.7. The molecule has 0 saturated heterocycles. The Kier molecular flexibility index (Phi) is 4.39. The summed E-state index contributed by atoms with van der Waals surface area (Å²) in [7, 11) is 0. The van der Waals surface area contributed by atoms with Gasteiger partial charge in [0.2, 0.25) is 0 Å². The van der Waals surface area contributed by atoms with Crippen LogP contribution in [0.3, 0.4) is 0 Å². The van der Waals surface area contributed by atoms with Gasteiger partial charge in [0.25, 0.3) is 0 Å². The molecule has 1 atom stereocenters. The van der Waals surface area contributed by atoms with Crippen molar-refractivity contribution in [2.75, 3.05) is 6.61 Å². The molecule has 1 unspecified atom stereocenters. The molecule has 0 aliphatic rings. The molecular formula is C9H17BrO3. The molecular weight excluding hydrogens is 236 g/mol. The van der Waals surface area contributed by atoms with E-state index >= 15 is 0 Å². The fraction of sp³-hybridized carbons (Fsp3) is 0.889. The van der Waals surface area contributed by atoms with Crippen molar-refractivity contribution in [2.24, 2.45) is 5.41 Å². The van der Waals surface area contributed by atoms with Crippen molar-refractivity contribution >= 4 is 21.9 Å². The maximum absolute atomic E-state index is 10.7. The topological polar surface area (TPSA) is 57.5 Å². The Morgan fingerprint density at radius 2 is 1.77 bits per heavy atom. The Balaban J connectivity index is 4.09. The van der Waals surface area contributed by atoms with Gasteiger partial charge in [0.15, 0.2) is 0 Å². The van der Waals surface area contributed by atoms with Gasteiger partial charge < -0.3 is 10.2 Å². The van der Waals surface area contributed by atoms with Gasteiger partial charge in [-0.25, -0.2) is 0 Å². The van der Waals surface area contributed by atoms with Crippen LogP contribution in [0, 0.1) is 5.41 Å². The van der Waals surface area contributed by atoms with E-state index in [4.69, 9.17) is 10.2 Å². The number of rotatable bonds is 5. The summed E-state index contributed by atoms with van der Waals surface area (Å²) >= 11 is 3.15. The number of hydrogen-bond donors (Lipinski definition) is 2. The van der Waals surface area contributed by atoms with Gasteiger partial charge in [-0.3, -0.25) is 4.79 Å². The van der Waals surface area contributed by atoms with Gasteiger partial charge in [-0.15, -0.1) is 0 Å². The van der Waals surface area contributed by atoms with Crippen LogP contribution < -0.4 is 0 Å². The van der Waals surface area contributed by atoms with Crippen LogP contribution in [-0.2, 0) is 4.79 Å². The van der Waals surface area contributed by atoms with Gasteiger partial charge in [-0.05, 0) is 25.2 Å². The van der Waals surface area contributed by atoms with E-state index in [0.717, 1.165) is 0 Å². The zero-order valence-corrected chi connectivity index (χ0v) is 9.89. The lowest BCUT2D eigenvalue weighted by Crippen LogP contribution is -2.30. The summed E-state index contributed by atoms with van der Waals surface area (Å²) in [6.07, 6.45) is 1.19. The monoisotopic (exact) mass is 252 g/mol. The molecule has 0 radical (unpaired) electrons. The predicted molar refractivity (Wildman–Crippen MR) is 55.1 cm³/mol. The SMILES string of the molecule is CC(C)(CO)CCC(C)(Br)C(=O)O. The van der Waals surface area contributed by atoms with E-state index in [-0.39, 0.29) is 12.0 Å². The third-order valence-electron chi connectivity index (χ3n) is 2.15. The number of carbonyl (C=O) groups is 1. The number of alkyl halides is 1. The highest BCUT2D eigenvalue weighted by Gasteiger charge is 2.31. The van der Waals surface area contributed by atoms with E-state index in [1.165, 1.54) is 0 Å². The Labute approximate surface area is 87.3 Å². The minimum Gasteiger partial charge on any atom is -0.480 e. The first-order chi connectivity index (χ1) is 5.71. The average molecular weight is 253 g/mol. The van der Waals surface area contributed by atoms with Crippen molar-refractivity contribution in [3.05, 3.63) is 0 Å². The lowest BCUT2D eigenvalue weighted by Gasteiger charge is -2.25. The summed E-state index contributed by atoms with van der Waals surface area (Å²) < 4.78 is -0.876. The molecule has 0 aromatic carbocycles. The van der Waals surface area contributed by atoms with Crippen molar-refractivity contribution in [2.45, 2.75) is 37.9 Å². The van der Waals surface area contributed by atoms with Crippen molar-refractivity contribution in [3.63, 3.8) is 0 Å². The van der Waals surface area contributed by atoms with Crippen LogP contribution in [0.1, 0.15) is 33.6 Å². The third-order valence-corrected chi connectivity index (χ3v) is 2.88. The first kappa shape index (κ1) is 12.9. The first-order valence-electron chi connectivity index (χ1n) is 4.24. The minimum atomic E-state index is -0.876. The fourth-order valence-electron chi connectivity index (χ4n) is 0.759. The zero-order valence-electron chi connectivity index (χ0n) is 8.30. The fourth-order valence-corrected chi connectivity index (χ4v) is 0.957. The van der Waals surface area contributed by atoms with Crippen LogP contribution in [0.25, 0.3) is 0 Å². The predicted octanol–water partition coefficient (Wildman–Crippen LogP) is 2.02. The minimum absolute atomic E-state index is 0.0791. The Morgan fingerprint density at radius 1 is 1.31 bits per heavy atom. The molecule has 78 valence electrons. The summed E-state index contributed by atoms with van der Waals surface area (Å²) in [5, 5.41) is 17.8. The van der Waals surface area contributed by atoms with Crippen LogP contribution in [-0.4, -0.2) is 27.1 Å². The second-order valence-corrected chi connectivity index (χ2v) is 6.08.